The Kier molecular flexibility index (Phi) is 4.14. The molecule has 0 radical (unpaired) electrons. The summed E-state index contributed by atoms with van der Waals surface area (Å²) in [5.41, 5.74) is 2.13. The van der Waals surface area contributed by atoms with Crippen molar-refractivity contribution in [1.82, 2.24) is 14.7 Å². The summed E-state index contributed by atoms with van der Waals surface area (Å²) in [5, 5.41) is 11.1. The van der Waals surface area contributed by atoms with Crippen LogP contribution in [-0.4, -0.2) is 27.1 Å². The molecule has 0 unspecified atom stereocenters. The van der Waals surface area contributed by atoms with E-state index in [1.165, 1.54) is 0 Å². The third-order valence-electron chi connectivity index (χ3n) is 4.24. The molecule has 0 atom stereocenters. The Morgan fingerprint density at radius 3 is 2.81 bits per heavy atom. The highest BCUT2D eigenvalue weighted by Gasteiger charge is 2.24. The van der Waals surface area contributed by atoms with Crippen LogP contribution >= 0.6 is 15.9 Å². The summed E-state index contributed by atoms with van der Waals surface area (Å²) >= 11 is 3.47. The number of carbonyl (C=O) groups is 1. The van der Waals surface area contributed by atoms with Crippen LogP contribution in [0.2, 0.25) is 0 Å². The van der Waals surface area contributed by atoms with Crippen molar-refractivity contribution in [2.24, 2.45) is 5.92 Å². The monoisotopic (exact) mass is 351 g/mol. The van der Waals surface area contributed by atoms with E-state index in [-0.39, 0.29) is 0 Å². The first-order valence-electron chi connectivity index (χ1n) is 7.23. The van der Waals surface area contributed by atoms with Gasteiger partial charge in [0.25, 0.3) is 0 Å². The summed E-state index contributed by atoms with van der Waals surface area (Å²) < 4.78 is 3.10. The zero-order chi connectivity index (χ0) is 14.8. The number of aromatic nitrogens is 2. The van der Waals surface area contributed by atoms with Gasteiger partial charge < -0.3 is 14.8 Å². The van der Waals surface area contributed by atoms with Crippen molar-refractivity contribution >= 4 is 27.7 Å². The van der Waals surface area contributed by atoms with Crippen LogP contribution < -0.4 is 5.32 Å². The van der Waals surface area contributed by atoms with E-state index in [0.717, 1.165) is 41.5 Å². The van der Waals surface area contributed by atoms with Gasteiger partial charge in [-0.3, -0.25) is 0 Å². The van der Waals surface area contributed by atoms with Gasteiger partial charge in [-0.25, -0.2) is 9.78 Å². The topological polar surface area (TPSA) is 66.6 Å². The number of nitrogens with one attached hydrogen (secondary N) is 1. The number of halogens is 1. The highest BCUT2D eigenvalue weighted by molar-refractivity contribution is 9.10. The molecule has 1 aliphatic rings. The molecular formula is C15H18BrN3O2. The Morgan fingerprint density at radius 2 is 2.10 bits per heavy atom. The number of rotatable bonds is 3. The van der Waals surface area contributed by atoms with E-state index in [2.05, 4.69) is 31.8 Å². The Bertz CT molecular complexity index is 647. The minimum atomic E-state index is -0.928. The maximum atomic E-state index is 10.5. The Balaban J connectivity index is 1.64. The zero-order valence-corrected chi connectivity index (χ0v) is 13.2. The van der Waals surface area contributed by atoms with Gasteiger partial charge in [-0.2, -0.15) is 0 Å². The van der Waals surface area contributed by atoms with Gasteiger partial charge in [-0.05, 0) is 59.7 Å². The molecule has 1 aliphatic carbocycles. The fourth-order valence-corrected chi connectivity index (χ4v) is 3.43. The molecule has 1 fully saturated rings. The fraction of sp³-hybridized carbons (Fsp3) is 0.467. The van der Waals surface area contributed by atoms with Crippen molar-refractivity contribution in [1.29, 1.82) is 0 Å². The van der Waals surface area contributed by atoms with E-state index in [4.69, 9.17) is 10.1 Å². The molecule has 2 aromatic rings. The molecule has 3 rings (SSSR count). The summed E-state index contributed by atoms with van der Waals surface area (Å²) in [6.07, 6.45) is 7.48. The van der Waals surface area contributed by atoms with Gasteiger partial charge in [-0.1, -0.05) is 0 Å². The molecule has 112 valence electrons. The quantitative estimate of drug-likeness (QED) is 0.886. The summed E-state index contributed by atoms with van der Waals surface area (Å²) in [6.45, 7) is 0.570. The lowest BCUT2D eigenvalue weighted by atomic mass is 9.80. The molecule has 0 spiro atoms. The third kappa shape index (κ3) is 3.37. The number of hydrogen-bond donors (Lipinski definition) is 2. The van der Waals surface area contributed by atoms with Crippen molar-refractivity contribution in [3.05, 3.63) is 34.7 Å². The number of nitrogens with zero attached hydrogens (tertiary/aromatic N) is 2. The predicted molar refractivity (Wildman–Crippen MR) is 83.6 cm³/mol. The van der Waals surface area contributed by atoms with E-state index < -0.39 is 6.09 Å². The molecule has 0 saturated heterocycles. The number of pyridine rings is 1. The molecule has 2 heterocycles. The van der Waals surface area contributed by atoms with Gasteiger partial charge in [0.15, 0.2) is 0 Å². The first-order chi connectivity index (χ1) is 10.1. The van der Waals surface area contributed by atoms with Gasteiger partial charge in [-0.15, -0.1) is 0 Å². The van der Waals surface area contributed by atoms with Gasteiger partial charge in [0.2, 0.25) is 0 Å². The number of carboxylic acid groups (broad SMARTS) is 1. The van der Waals surface area contributed by atoms with Gasteiger partial charge in [0, 0.05) is 29.3 Å². The summed E-state index contributed by atoms with van der Waals surface area (Å²) in [4.78, 5) is 15.2. The average Bonchev–Trinajstić information content (AvgIpc) is 2.88. The Hall–Kier alpha value is -1.56. The minimum Gasteiger partial charge on any atom is -0.465 e. The lowest BCUT2D eigenvalue weighted by Gasteiger charge is -2.27. The van der Waals surface area contributed by atoms with Crippen molar-refractivity contribution < 1.29 is 9.90 Å². The minimum absolute atomic E-state index is 0.462. The highest BCUT2D eigenvalue weighted by atomic mass is 79.9. The van der Waals surface area contributed by atoms with E-state index >= 15 is 0 Å². The maximum absolute atomic E-state index is 10.5. The van der Waals surface area contributed by atoms with E-state index in [1.54, 1.807) is 0 Å². The van der Waals surface area contributed by atoms with Crippen LogP contribution in [-0.2, 0) is 0 Å². The second-order valence-corrected chi connectivity index (χ2v) is 6.60. The zero-order valence-electron chi connectivity index (χ0n) is 11.6. The van der Waals surface area contributed by atoms with Crippen LogP contribution in [0.5, 0.6) is 0 Å². The third-order valence-corrected chi connectivity index (χ3v) is 4.71. The van der Waals surface area contributed by atoms with Crippen LogP contribution in [0.15, 0.2) is 29.0 Å². The van der Waals surface area contributed by atoms with Crippen molar-refractivity contribution in [2.45, 2.75) is 31.6 Å². The predicted octanol–water partition coefficient (Wildman–Crippen LogP) is 3.64. The molecule has 0 aromatic carbocycles. The summed E-state index contributed by atoms with van der Waals surface area (Å²) in [6, 6.07) is 4.01. The first kappa shape index (κ1) is 14.4. The average molecular weight is 352 g/mol. The standard InChI is InChI=1S/C15H18BrN3O2/c16-12-5-6-14-18-13(9-19(14)8-12)11-3-1-10(2-4-11)7-17-15(20)21/h5-6,8-11,17H,1-4,7H2,(H,20,21)/t10-,11-. The van der Waals surface area contributed by atoms with E-state index in [1.807, 2.05) is 18.3 Å². The normalized spacial score (nSPS) is 22.3. The first-order valence-corrected chi connectivity index (χ1v) is 8.02. The van der Waals surface area contributed by atoms with Crippen LogP contribution in [0.25, 0.3) is 5.65 Å². The van der Waals surface area contributed by atoms with Crippen molar-refractivity contribution in [3.8, 4) is 0 Å². The molecule has 1 saturated carbocycles. The SMILES string of the molecule is O=C(O)NC[C@H]1CC[C@H](c2cn3cc(Br)ccc3n2)CC1. The molecular weight excluding hydrogens is 334 g/mol. The lowest BCUT2D eigenvalue weighted by molar-refractivity contribution is 0.189. The molecule has 2 aromatic heterocycles. The molecule has 6 heteroatoms. The second-order valence-electron chi connectivity index (χ2n) is 5.68. The molecule has 1 amide bonds. The van der Waals surface area contributed by atoms with Crippen LogP contribution in [0, 0.1) is 5.92 Å². The van der Waals surface area contributed by atoms with Gasteiger partial charge in [0.05, 0.1) is 5.69 Å². The molecule has 2 N–H and O–H groups in total. The van der Waals surface area contributed by atoms with Crippen molar-refractivity contribution in [3.63, 3.8) is 0 Å². The number of fused-ring (bicyclic) bond motifs is 1. The number of amides is 1. The van der Waals surface area contributed by atoms with Crippen LogP contribution in [0.4, 0.5) is 4.79 Å². The fourth-order valence-electron chi connectivity index (χ4n) is 3.07. The van der Waals surface area contributed by atoms with Gasteiger partial charge in [0.1, 0.15) is 5.65 Å². The Morgan fingerprint density at radius 1 is 1.33 bits per heavy atom. The molecule has 0 aliphatic heterocycles. The van der Waals surface area contributed by atoms with E-state index in [9.17, 15) is 4.79 Å². The molecule has 0 bridgehead atoms. The second kappa shape index (κ2) is 6.05. The van der Waals surface area contributed by atoms with Crippen LogP contribution in [0.1, 0.15) is 37.3 Å². The van der Waals surface area contributed by atoms with Crippen molar-refractivity contribution in [2.75, 3.05) is 6.54 Å². The molecule has 5 nitrogen and oxygen atoms in total. The smallest absolute Gasteiger partial charge is 0.404 e. The Labute approximate surface area is 131 Å². The lowest BCUT2D eigenvalue weighted by Crippen LogP contribution is -2.29. The molecule has 21 heavy (non-hydrogen) atoms. The van der Waals surface area contributed by atoms with Crippen LogP contribution in [0.3, 0.4) is 0 Å². The number of imidazole rings is 1. The highest BCUT2D eigenvalue weighted by Crippen LogP contribution is 2.35. The largest absolute Gasteiger partial charge is 0.465 e. The summed E-state index contributed by atoms with van der Waals surface area (Å²) in [7, 11) is 0. The van der Waals surface area contributed by atoms with E-state index in [0.29, 0.717) is 18.4 Å². The summed E-state index contributed by atoms with van der Waals surface area (Å²) in [5.74, 6) is 0.952. The maximum Gasteiger partial charge on any atom is 0.404 e. The number of hydrogen-bond acceptors (Lipinski definition) is 2. The van der Waals surface area contributed by atoms with Gasteiger partial charge >= 0.3 is 6.09 Å².